The molecule has 0 aliphatic rings. The van der Waals surface area contributed by atoms with Gasteiger partial charge in [0.2, 0.25) is 0 Å². The second kappa shape index (κ2) is 5.55. The van der Waals surface area contributed by atoms with Crippen LogP contribution in [0, 0.1) is 21.4 Å². The monoisotopic (exact) mass is 277 g/mol. The highest BCUT2D eigenvalue weighted by Crippen LogP contribution is 2.30. The summed E-state index contributed by atoms with van der Waals surface area (Å²) in [5, 5.41) is 19.7. The van der Waals surface area contributed by atoms with Crippen LogP contribution >= 0.6 is 0 Å². The van der Waals surface area contributed by atoms with Crippen LogP contribution in [0.15, 0.2) is 12.1 Å². The standard InChI is InChI=1S/C14H19N3O3/c1-13(2,3)20-14(4,5)12-7-6-11(17(18)19)10(16-12)8-9-15/h6-7H,8H2,1-5H3. The van der Waals surface area contributed by atoms with Gasteiger partial charge in [0.1, 0.15) is 11.3 Å². The van der Waals surface area contributed by atoms with E-state index in [4.69, 9.17) is 10.00 Å². The molecule has 0 aliphatic carbocycles. The topological polar surface area (TPSA) is 89.0 Å². The highest BCUT2D eigenvalue weighted by molar-refractivity contribution is 5.38. The Morgan fingerprint density at radius 3 is 2.40 bits per heavy atom. The van der Waals surface area contributed by atoms with Crippen LogP contribution in [0.1, 0.15) is 46.0 Å². The van der Waals surface area contributed by atoms with E-state index in [0.29, 0.717) is 5.69 Å². The van der Waals surface area contributed by atoms with Gasteiger partial charge in [0.15, 0.2) is 0 Å². The highest BCUT2D eigenvalue weighted by Gasteiger charge is 2.30. The number of hydrogen-bond donors (Lipinski definition) is 0. The Morgan fingerprint density at radius 2 is 1.95 bits per heavy atom. The van der Waals surface area contributed by atoms with Gasteiger partial charge in [0, 0.05) is 6.07 Å². The molecule has 0 spiro atoms. The van der Waals surface area contributed by atoms with Crippen LogP contribution in [0.4, 0.5) is 5.69 Å². The maximum absolute atomic E-state index is 10.9. The first-order valence-electron chi connectivity index (χ1n) is 6.29. The fraction of sp³-hybridized carbons (Fsp3) is 0.571. The molecular formula is C14H19N3O3. The van der Waals surface area contributed by atoms with Gasteiger partial charge >= 0.3 is 0 Å². The zero-order chi connectivity index (χ0) is 15.6. The van der Waals surface area contributed by atoms with E-state index in [9.17, 15) is 10.1 Å². The molecule has 1 aromatic rings. The Hall–Kier alpha value is -2.00. The van der Waals surface area contributed by atoms with E-state index in [2.05, 4.69) is 4.98 Å². The van der Waals surface area contributed by atoms with E-state index < -0.39 is 10.5 Å². The van der Waals surface area contributed by atoms with Crippen LogP contribution in [0.5, 0.6) is 0 Å². The Morgan fingerprint density at radius 1 is 1.35 bits per heavy atom. The minimum atomic E-state index is -0.697. The zero-order valence-corrected chi connectivity index (χ0v) is 12.4. The SMILES string of the molecule is CC(C)(C)OC(C)(C)c1ccc([N+](=O)[O-])c(CC#N)n1. The Bertz CT molecular complexity index is 554. The second-order valence-electron chi connectivity index (χ2n) is 5.98. The van der Waals surface area contributed by atoms with Gasteiger partial charge in [-0.05, 0) is 40.7 Å². The third-order valence-corrected chi connectivity index (χ3v) is 2.57. The number of aromatic nitrogens is 1. The van der Waals surface area contributed by atoms with Crippen LogP contribution in [-0.4, -0.2) is 15.5 Å². The fourth-order valence-corrected chi connectivity index (χ4v) is 2.02. The molecule has 0 aliphatic heterocycles. The van der Waals surface area contributed by atoms with Crippen molar-refractivity contribution in [2.75, 3.05) is 0 Å². The van der Waals surface area contributed by atoms with E-state index in [1.54, 1.807) is 6.07 Å². The lowest BCUT2D eigenvalue weighted by Gasteiger charge is -2.33. The van der Waals surface area contributed by atoms with E-state index in [1.807, 2.05) is 40.7 Å². The van der Waals surface area contributed by atoms with Crippen LogP contribution < -0.4 is 0 Å². The molecule has 0 aromatic carbocycles. The molecule has 20 heavy (non-hydrogen) atoms. The molecule has 0 atom stereocenters. The molecule has 1 heterocycles. The van der Waals surface area contributed by atoms with Crippen molar-refractivity contribution in [2.24, 2.45) is 0 Å². The number of rotatable bonds is 4. The summed E-state index contributed by atoms with van der Waals surface area (Å²) in [6.07, 6.45) is -0.101. The number of nitro groups is 1. The molecule has 0 unspecified atom stereocenters. The van der Waals surface area contributed by atoms with Crippen LogP contribution in [0.25, 0.3) is 0 Å². The van der Waals surface area contributed by atoms with Gasteiger partial charge in [-0.1, -0.05) is 0 Å². The Labute approximate surface area is 118 Å². The van der Waals surface area contributed by atoms with E-state index >= 15 is 0 Å². The number of nitriles is 1. The van der Waals surface area contributed by atoms with Crippen LogP contribution in [0.3, 0.4) is 0 Å². The summed E-state index contributed by atoms with van der Waals surface area (Å²) < 4.78 is 5.93. The van der Waals surface area contributed by atoms with Crippen molar-refractivity contribution in [1.29, 1.82) is 5.26 Å². The molecule has 6 nitrogen and oxygen atoms in total. The molecular weight excluding hydrogens is 258 g/mol. The molecule has 1 rings (SSSR count). The van der Waals surface area contributed by atoms with Crippen LogP contribution in [-0.2, 0) is 16.8 Å². The van der Waals surface area contributed by atoms with Crippen molar-refractivity contribution >= 4 is 5.69 Å². The van der Waals surface area contributed by atoms with Crippen molar-refractivity contribution < 1.29 is 9.66 Å². The van der Waals surface area contributed by atoms with Crippen LogP contribution in [0.2, 0.25) is 0 Å². The van der Waals surface area contributed by atoms with Crippen molar-refractivity contribution in [3.63, 3.8) is 0 Å². The molecule has 0 amide bonds. The van der Waals surface area contributed by atoms with E-state index in [0.717, 1.165) is 0 Å². The molecule has 0 N–H and O–H groups in total. The predicted molar refractivity (Wildman–Crippen MR) is 74.1 cm³/mol. The first kappa shape index (κ1) is 16.1. The summed E-state index contributed by atoms with van der Waals surface area (Å²) in [4.78, 5) is 14.6. The van der Waals surface area contributed by atoms with Gasteiger partial charge in [-0.25, -0.2) is 4.98 Å². The average Bonchev–Trinajstić information content (AvgIpc) is 2.25. The summed E-state index contributed by atoms with van der Waals surface area (Å²) in [5.41, 5.74) is -0.467. The lowest BCUT2D eigenvalue weighted by atomic mass is 10.0. The lowest BCUT2D eigenvalue weighted by molar-refractivity contribution is -0.385. The summed E-state index contributed by atoms with van der Waals surface area (Å²) in [6, 6.07) is 4.85. The summed E-state index contributed by atoms with van der Waals surface area (Å²) >= 11 is 0. The number of hydrogen-bond acceptors (Lipinski definition) is 5. The van der Waals surface area contributed by atoms with Crippen molar-refractivity contribution in [2.45, 2.75) is 52.2 Å². The first-order chi connectivity index (χ1) is 9.07. The molecule has 0 fully saturated rings. The normalized spacial score (nSPS) is 12.0. The predicted octanol–water partition coefficient (Wildman–Crippen LogP) is 3.11. The van der Waals surface area contributed by atoms with Gasteiger partial charge in [-0.15, -0.1) is 0 Å². The number of nitrogens with zero attached hydrogens (tertiary/aromatic N) is 3. The molecule has 0 radical (unpaired) electrons. The summed E-state index contributed by atoms with van der Waals surface area (Å²) in [6.45, 7) is 9.48. The molecule has 108 valence electrons. The minimum Gasteiger partial charge on any atom is -0.364 e. The first-order valence-corrected chi connectivity index (χ1v) is 6.29. The average molecular weight is 277 g/mol. The maximum Gasteiger partial charge on any atom is 0.291 e. The lowest BCUT2D eigenvalue weighted by Crippen LogP contribution is -2.33. The number of ether oxygens (including phenoxy) is 1. The number of pyridine rings is 1. The molecule has 0 saturated carbocycles. The van der Waals surface area contributed by atoms with Crippen molar-refractivity contribution in [1.82, 2.24) is 4.98 Å². The van der Waals surface area contributed by atoms with Gasteiger partial charge in [0.25, 0.3) is 5.69 Å². The summed E-state index contributed by atoms with van der Waals surface area (Å²) in [7, 11) is 0. The third kappa shape index (κ3) is 4.00. The minimum absolute atomic E-state index is 0.101. The van der Waals surface area contributed by atoms with Crippen molar-refractivity contribution in [3.8, 4) is 6.07 Å². The fourth-order valence-electron chi connectivity index (χ4n) is 2.02. The quantitative estimate of drug-likeness (QED) is 0.623. The smallest absolute Gasteiger partial charge is 0.291 e. The highest BCUT2D eigenvalue weighted by atomic mass is 16.6. The molecule has 0 bridgehead atoms. The zero-order valence-electron chi connectivity index (χ0n) is 12.4. The molecule has 6 heteroatoms. The Balaban J connectivity index is 3.24. The van der Waals surface area contributed by atoms with Gasteiger partial charge in [0.05, 0.1) is 28.7 Å². The van der Waals surface area contributed by atoms with Crippen molar-refractivity contribution in [3.05, 3.63) is 33.6 Å². The van der Waals surface area contributed by atoms with E-state index in [1.165, 1.54) is 6.07 Å². The van der Waals surface area contributed by atoms with Gasteiger partial charge in [-0.3, -0.25) is 10.1 Å². The summed E-state index contributed by atoms with van der Waals surface area (Å²) in [5.74, 6) is 0. The molecule has 0 saturated heterocycles. The van der Waals surface area contributed by atoms with Gasteiger partial charge in [-0.2, -0.15) is 5.26 Å². The second-order valence-corrected chi connectivity index (χ2v) is 5.98. The Kier molecular flexibility index (Phi) is 4.46. The third-order valence-electron chi connectivity index (χ3n) is 2.57. The van der Waals surface area contributed by atoms with Gasteiger partial charge < -0.3 is 4.74 Å². The largest absolute Gasteiger partial charge is 0.364 e. The van der Waals surface area contributed by atoms with E-state index in [-0.39, 0.29) is 23.4 Å². The maximum atomic E-state index is 10.9. The molecule has 1 aromatic heterocycles.